The van der Waals surface area contributed by atoms with Crippen molar-refractivity contribution in [2.75, 3.05) is 0 Å². The van der Waals surface area contributed by atoms with Crippen LogP contribution in [0, 0.1) is 10.1 Å². The summed E-state index contributed by atoms with van der Waals surface area (Å²) in [4.78, 5) is 10.2. The average Bonchev–Trinajstić information content (AvgIpc) is 2.58. The van der Waals surface area contributed by atoms with Crippen molar-refractivity contribution in [3.05, 3.63) is 28.4 Å². The molecular weight excluding hydrogens is 316 g/mol. The topological polar surface area (TPSA) is 70.2 Å². The molecule has 0 bridgehead atoms. The third-order valence-corrected chi connectivity index (χ3v) is 2.41. The molecule has 0 saturated heterocycles. The lowest BCUT2D eigenvalue weighted by atomic mass is 10.2. The lowest BCUT2D eigenvalue weighted by Crippen LogP contribution is -2.16. The molecule has 0 radical (unpaired) electrons. The first kappa shape index (κ1) is 12.7. The van der Waals surface area contributed by atoms with Gasteiger partial charge in [-0.1, -0.05) is 0 Å². The van der Waals surface area contributed by atoms with Crippen LogP contribution in [0.4, 0.5) is 14.5 Å². The Morgan fingerprint density at radius 2 is 2.22 bits per heavy atom. The van der Waals surface area contributed by atoms with Crippen LogP contribution in [0.1, 0.15) is 0 Å². The Labute approximate surface area is 107 Å². The van der Waals surface area contributed by atoms with Crippen LogP contribution in [0.2, 0.25) is 0 Å². The van der Waals surface area contributed by atoms with E-state index in [2.05, 4.69) is 9.84 Å². The first-order chi connectivity index (χ1) is 8.29. The summed E-state index contributed by atoms with van der Waals surface area (Å²) in [6, 6.07) is 2.53. The first-order valence-corrected chi connectivity index (χ1v) is 5.44. The van der Waals surface area contributed by atoms with Crippen LogP contribution in [0.3, 0.4) is 0 Å². The third-order valence-electron chi connectivity index (χ3n) is 2.25. The van der Waals surface area contributed by atoms with E-state index in [1.807, 2.05) is 15.9 Å². The third kappa shape index (κ3) is 2.26. The van der Waals surface area contributed by atoms with E-state index in [-0.39, 0.29) is 5.52 Å². The van der Waals surface area contributed by atoms with Gasteiger partial charge in [-0.05, 0) is 12.1 Å². The number of benzene rings is 1. The van der Waals surface area contributed by atoms with Crippen molar-refractivity contribution in [2.24, 2.45) is 7.05 Å². The standard InChI is InChI=1S/C9H6BrF2N3O3/c1-14-7-5(4-13-14)2-3-6(8(7)15(16)17)18-9(10,11)12/h2-4H,1H3. The van der Waals surface area contributed by atoms with E-state index in [1.54, 1.807) is 0 Å². The van der Waals surface area contributed by atoms with Gasteiger partial charge in [0.1, 0.15) is 5.52 Å². The number of hydrogen-bond acceptors (Lipinski definition) is 4. The van der Waals surface area contributed by atoms with Crippen LogP contribution >= 0.6 is 15.9 Å². The molecule has 0 spiro atoms. The number of aromatic nitrogens is 2. The Hall–Kier alpha value is -1.77. The summed E-state index contributed by atoms with van der Waals surface area (Å²) < 4.78 is 30.9. The minimum atomic E-state index is -3.68. The second kappa shape index (κ2) is 4.16. The number of nitrogens with zero attached hydrogens (tertiary/aromatic N) is 3. The van der Waals surface area contributed by atoms with Gasteiger partial charge in [0.2, 0.25) is 5.75 Å². The summed E-state index contributed by atoms with van der Waals surface area (Å²) in [5.41, 5.74) is -0.430. The van der Waals surface area contributed by atoms with Gasteiger partial charge >= 0.3 is 10.7 Å². The van der Waals surface area contributed by atoms with Crippen molar-refractivity contribution >= 4 is 32.5 Å². The zero-order valence-corrected chi connectivity index (χ0v) is 10.5. The van der Waals surface area contributed by atoms with Crippen molar-refractivity contribution in [3.8, 4) is 5.75 Å². The zero-order valence-electron chi connectivity index (χ0n) is 8.93. The minimum Gasteiger partial charge on any atom is -0.416 e. The molecule has 0 unspecified atom stereocenters. The van der Waals surface area contributed by atoms with E-state index in [4.69, 9.17) is 0 Å². The molecule has 0 fully saturated rings. The van der Waals surface area contributed by atoms with Crippen LogP contribution in [-0.4, -0.2) is 19.7 Å². The first-order valence-electron chi connectivity index (χ1n) is 4.64. The monoisotopic (exact) mass is 321 g/mol. The number of nitro benzene ring substituents is 1. The molecule has 2 rings (SSSR count). The average molecular weight is 322 g/mol. The summed E-state index contributed by atoms with van der Waals surface area (Å²) in [6.07, 6.45) is 1.40. The SMILES string of the molecule is Cn1ncc2ccc(OC(F)(F)Br)c([N+](=O)[O-])c21. The maximum atomic E-state index is 12.7. The molecule has 0 amide bonds. The minimum absolute atomic E-state index is 0.120. The number of ether oxygens (including phenoxy) is 1. The second-order valence-electron chi connectivity index (χ2n) is 3.42. The molecule has 0 aliphatic carbocycles. The van der Waals surface area contributed by atoms with Crippen LogP contribution < -0.4 is 4.74 Å². The quantitative estimate of drug-likeness (QED) is 0.495. The fourth-order valence-corrected chi connectivity index (χ4v) is 1.79. The lowest BCUT2D eigenvalue weighted by Gasteiger charge is -2.11. The highest BCUT2D eigenvalue weighted by Crippen LogP contribution is 2.38. The molecule has 0 N–H and O–H groups in total. The summed E-state index contributed by atoms with van der Waals surface area (Å²) in [5.74, 6) is -0.530. The molecule has 9 heteroatoms. The highest BCUT2D eigenvalue weighted by atomic mass is 79.9. The van der Waals surface area contributed by atoms with Gasteiger partial charge in [-0.15, -0.1) is 0 Å². The van der Waals surface area contributed by atoms with Crippen LogP contribution in [-0.2, 0) is 7.05 Å². The second-order valence-corrected chi connectivity index (χ2v) is 4.35. The largest absolute Gasteiger partial charge is 0.459 e. The molecule has 1 heterocycles. The molecule has 0 saturated carbocycles. The Morgan fingerprint density at radius 1 is 1.56 bits per heavy atom. The maximum Gasteiger partial charge on any atom is 0.459 e. The molecule has 0 aliphatic rings. The highest BCUT2D eigenvalue weighted by Gasteiger charge is 2.32. The molecule has 96 valence electrons. The molecule has 6 nitrogen and oxygen atoms in total. The number of halogens is 3. The van der Waals surface area contributed by atoms with Crippen LogP contribution in [0.15, 0.2) is 18.3 Å². The molecule has 2 aromatic rings. The Kier molecular flexibility index (Phi) is 2.93. The summed E-state index contributed by atoms with van der Waals surface area (Å²) >= 11 is 1.97. The number of aryl methyl sites for hydroxylation is 1. The maximum absolute atomic E-state index is 12.7. The highest BCUT2D eigenvalue weighted by molar-refractivity contribution is 9.09. The molecule has 18 heavy (non-hydrogen) atoms. The van der Waals surface area contributed by atoms with E-state index in [0.717, 1.165) is 6.07 Å². The predicted molar refractivity (Wildman–Crippen MR) is 61.9 cm³/mol. The van der Waals surface area contributed by atoms with Crippen molar-refractivity contribution in [3.63, 3.8) is 0 Å². The van der Waals surface area contributed by atoms with Crippen LogP contribution in [0.25, 0.3) is 10.9 Å². The van der Waals surface area contributed by atoms with Crippen molar-refractivity contribution < 1.29 is 18.4 Å². The number of alkyl halides is 3. The van der Waals surface area contributed by atoms with Crippen molar-refractivity contribution in [1.29, 1.82) is 0 Å². The summed E-state index contributed by atoms with van der Waals surface area (Å²) in [5, 5.41) is 11.6. The molecule has 1 aromatic heterocycles. The van der Waals surface area contributed by atoms with Gasteiger partial charge in [0, 0.05) is 28.4 Å². The molecule has 1 aromatic carbocycles. The number of nitro groups is 1. The molecular formula is C9H6BrF2N3O3. The number of hydrogen-bond donors (Lipinski definition) is 0. The normalized spacial score (nSPS) is 11.8. The smallest absolute Gasteiger partial charge is 0.416 e. The number of rotatable bonds is 3. The van der Waals surface area contributed by atoms with E-state index in [1.165, 1.54) is 24.0 Å². The van der Waals surface area contributed by atoms with Gasteiger partial charge in [-0.25, -0.2) is 0 Å². The van der Waals surface area contributed by atoms with E-state index < -0.39 is 21.4 Å². The van der Waals surface area contributed by atoms with Crippen molar-refractivity contribution in [2.45, 2.75) is 5.02 Å². The lowest BCUT2D eigenvalue weighted by molar-refractivity contribution is -0.385. The van der Waals surface area contributed by atoms with Gasteiger partial charge in [-0.3, -0.25) is 14.8 Å². The van der Waals surface area contributed by atoms with Crippen LogP contribution in [0.5, 0.6) is 5.75 Å². The van der Waals surface area contributed by atoms with E-state index in [0.29, 0.717) is 5.39 Å². The number of fused-ring (bicyclic) bond motifs is 1. The van der Waals surface area contributed by atoms with Gasteiger partial charge < -0.3 is 4.74 Å². The van der Waals surface area contributed by atoms with Gasteiger partial charge in [0.05, 0.1) is 11.1 Å². The zero-order chi connectivity index (χ0) is 13.5. The predicted octanol–water partition coefficient (Wildman–Crippen LogP) is 2.81. The molecule has 0 aliphatic heterocycles. The van der Waals surface area contributed by atoms with Gasteiger partial charge in [0.25, 0.3) is 0 Å². The van der Waals surface area contributed by atoms with E-state index in [9.17, 15) is 18.9 Å². The van der Waals surface area contributed by atoms with Crippen molar-refractivity contribution in [1.82, 2.24) is 9.78 Å². The fraction of sp³-hybridized carbons (Fsp3) is 0.222. The van der Waals surface area contributed by atoms with E-state index >= 15 is 0 Å². The molecule has 0 atom stereocenters. The Balaban J connectivity index is 2.70. The summed E-state index contributed by atoms with van der Waals surface area (Å²) in [6.45, 7) is 0. The Bertz CT molecular complexity index is 623. The fourth-order valence-electron chi connectivity index (χ4n) is 1.61. The van der Waals surface area contributed by atoms with Gasteiger partial charge in [0.15, 0.2) is 0 Å². The Morgan fingerprint density at radius 3 is 2.78 bits per heavy atom. The van der Waals surface area contributed by atoms with Gasteiger partial charge in [-0.2, -0.15) is 13.9 Å². The summed E-state index contributed by atoms with van der Waals surface area (Å²) in [7, 11) is 1.48.